The quantitative estimate of drug-likeness (QED) is 0.222. The lowest BCUT2D eigenvalue weighted by Crippen LogP contribution is -2.39. The van der Waals surface area contributed by atoms with Crippen LogP contribution in [0.1, 0.15) is 21.5 Å². The molecule has 1 atom stereocenters. The fourth-order valence-electron chi connectivity index (χ4n) is 2.48. The molecule has 2 N–H and O–H groups in total. The van der Waals surface area contributed by atoms with Crippen LogP contribution in [0.4, 0.5) is 5.69 Å². The summed E-state index contributed by atoms with van der Waals surface area (Å²) in [6.07, 6.45) is 1.17. The van der Waals surface area contributed by atoms with Crippen LogP contribution in [0.2, 0.25) is 5.02 Å². The van der Waals surface area contributed by atoms with Crippen LogP contribution < -0.4 is 5.32 Å². The molecule has 0 aliphatic carbocycles. The standard InChI is InChI=1S/C20H19ClN2O6/c1-12-3-5-13(6-4-12)17(22-18(11-24)20(26)29-2)10-19(25)15-9-14(23(27)28)7-8-16(15)21/h3-10,18,22,24H,11H2,1-2H3/b17-10+. The molecule has 0 aliphatic rings. The van der Waals surface area contributed by atoms with Crippen molar-refractivity contribution in [2.75, 3.05) is 13.7 Å². The number of halogens is 1. The Balaban J connectivity index is 2.49. The number of aliphatic hydroxyl groups is 1. The van der Waals surface area contributed by atoms with Crippen molar-refractivity contribution in [1.29, 1.82) is 0 Å². The molecule has 1 unspecified atom stereocenters. The van der Waals surface area contributed by atoms with Gasteiger partial charge >= 0.3 is 5.97 Å². The van der Waals surface area contributed by atoms with E-state index < -0.39 is 29.3 Å². The number of esters is 1. The average Bonchev–Trinajstić information content (AvgIpc) is 2.71. The molecule has 29 heavy (non-hydrogen) atoms. The lowest BCUT2D eigenvalue weighted by molar-refractivity contribution is -0.384. The molecule has 8 nitrogen and oxygen atoms in total. The number of nitro groups is 1. The summed E-state index contributed by atoms with van der Waals surface area (Å²) < 4.78 is 4.64. The molecule has 9 heteroatoms. The van der Waals surface area contributed by atoms with Crippen molar-refractivity contribution >= 4 is 34.7 Å². The molecule has 0 amide bonds. The minimum absolute atomic E-state index is 0.0479. The summed E-state index contributed by atoms with van der Waals surface area (Å²) in [5, 5.41) is 23.3. The second-order valence-electron chi connectivity index (χ2n) is 6.11. The Morgan fingerprint density at radius 2 is 1.93 bits per heavy atom. The van der Waals surface area contributed by atoms with Gasteiger partial charge in [0, 0.05) is 29.5 Å². The number of hydrogen-bond acceptors (Lipinski definition) is 7. The number of carbonyl (C=O) groups excluding carboxylic acids is 2. The second kappa shape index (κ2) is 9.81. The maximum Gasteiger partial charge on any atom is 0.330 e. The zero-order chi connectivity index (χ0) is 21.6. The van der Waals surface area contributed by atoms with Gasteiger partial charge in [-0.15, -0.1) is 0 Å². The van der Waals surface area contributed by atoms with Gasteiger partial charge in [0.15, 0.2) is 5.78 Å². The third-order valence-electron chi connectivity index (χ3n) is 4.06. The van der Waals surface area contributed by atoms with Gasteiger partial charge in [-0.1, -0.05) is 41.4 Å². The van der Waals surface area contributed by atoms with Crippen LogP contribution in [0.5, 0.6) is 0 Å². The Bertz CT molecular complexity index is 956. The lowest BCUT2D eigenvalue weighted by Gasteiger charge is -2.18. The van der Waals surface area contributed by atoms with E-state index in [0.717, 1.165) is 11.6 Å². The van der Waals surface area contributed by atoms with Gasteiger partial charge in [0.2, 0.25) is 0 Å². The van der Waals surface area contributed by atoms with Crippen LogP contribution in [0, 0.1) is 17.0 Å². The van der Waals surface area contributed by atoms with E-state index in [2.05, 4.69) is 10.1 Å². The summed E-state index contributed by atoms with van der Waals surface area (Å²) in [4.78, 5) is 35.0. The molecular weight excluding hydrogens is 400 g/mol. The molecule has 0 bridgehead atoms. The first-order chi connectivity index (χ1) is 13.8. The van der Waals surface area contributed by atoms with E-state index in [0.29, 0.717) is 5.56 Å². The van der Waals surface area contributed by atoms with Crippen LogP contribution in [0.25, 0.3) is 5.70 Å². The first-order valence-electron chi connectivity index (χ1n) is 8.49. The number of ketones is 1. The Kier molecular flexibility index (Phi) is 7.46. The molecule has 2 aromatic carbocycles. The molecule has 0 saturated carbocycles. The fourth-order valence-corrected chi connectivity index (χ4v) is 2.69. The highest BCUT2D eigenvalue weighted by atomic mass is 35.5. The van der Waals surface area contributed by atoms with Gasteiger partial charge in [0.1, 0.15) is 6.04 Å². The van der Waals surface area contributed by atoms with Gasteiger partial charge in [-0.3, -0.25) is 14.9 Å². The number of nitro benzene ring substituents is 1. The Hall–Kier alpha value is -3.23. The lowest BCUT2D eigenvalue weighted by atomic mass is 10.0. The van der Waals surface area contributed by atoms with Crippen molar-refractivity contribution in [3.05, 3.63) is 80.4 Å². The Morgan fingerprint density at radius 1 is 1.28 bits per heavy atom. The highest BCUT2D eigenvalue weighted by molar-refractivity contribution is 6.34. The predicted octanol–water partition coefficient (Wildman–Crippen LogP) is 2.90. The van der Waals surface area contributed by atoms with Crippen LogP contribution in [-0.2, 0) is 9.53 Å². The molecule has 0 spiro atoms. The van der Waals surface area contributed by atoms with E-state index >= 15 is 0 Å². The molecule has 2 aromatic rings. The number of ether oxygens (including phenoxy) is 1. The van der Waals surface area contributed by atoms with Crippen molar-refractivity contribution in [2.45, 2.75) is 13.0 Å². The molecule has 0 radical (unpaired) electrons. The van der Waals surface area contributed by atoms with Crippen LogP contribution in [0.3, 0.4) is 0 Å². The number of non-ortho nitro benzene ring substituents is 1. The summed E-state index contributed by atoms with van der Waals surface area (Å²) in [7, 11) is 1.18. The van der Waals surface area contributed by atoms with Crippen LogP contribution >= 0.6 is 11.6 Å². The Morgan fingerprint density at radius 3 is 2.48 bits per heavy atom. The van der Waals surface area contributed by atoms with Gasteiger partial charge in [-0.25, -0.2) is 4.79 Å². The van der Waals surface area contributed by atoms with Gasteiger partial charge in [-0.2, -0.15) is 0 Å². The number of aliphatic hydroxyl groups excluding tert-OH is 1. The molecular formula is C20H19ClN2O6. The van der Waals surface area contributed by atoms with E-state index in [1.807, 2.05) is 19.1 Å². The number of nitrogens with one attached hydrogen (secondary N) is 1. The van der Waals surface area contributed by atoms with E-state index in [1.165, 1.54) is 25.3 Å². The van der Waals surface area contributed by atoms with Gasteiger partial charge in [0.05, 0.1) is 23.7 Å². The maximum atomic E-state index is 12.8. The summed E-state index contributed by atoms with van der Waals surface area (Å²) in [5.41, 5.74) is 1.42. The molecule has 0 fully saturated rings. The minimum atomic E-state index is -1.11. The molecule has 0 saturated heterocycles. The zero-order valence-corrected chi connectivity index (χ0v) is 16.5. The van der Waals surface area contributed by atoms with Crippen molar-refractivity contribution in [3.8, 4) is 0 Å². The van der Waals surface area contributed by atoms with Gasteiger partial charge in [-0.05, 0) is 18.6 Å². The maximum absolute atomic E-state index is 12.8. The molecule has 0 heterocycles. The van der Waals surface area contributed by atoms with E-state index in [9.17, 15) is 24.8 Å². The van der Waals surface area contributed by atoms with Gasteiger partial charge in [0.25, 0.3) is 5.69 Å². The van der Waals surface area contributed by atoms with E-state index in [1.54, 1.807) is 12.1 Å². The highest BCUT2D eigenvalue weighted by Gasteiger charge is 2.21. The van der Waals surface area contributed by atoms with E-state index in [-0.39, 0.29) is 22.0 Å². The third-order valence-corrected chi connectivity index (χ3v) is 4.39. The summed E-state index contributed by atoms with van der Waals surface area (Å²) in [6, 6.07) is 9.50. The number of allylic oxidation sites excluding steroid dienone is 1. The predicted molar refractivity (Wildman–Crippen MR) is 108 cm³/mol. The largest absolute Gasteiger partial charge is 0.467 e. The minimum Gasteiger partial charge on any atom is -0.467 e. The smallest absolute Gasteiger partial charge is 0.330 e. The normalized spacial score (nSPS) is 12.2. The summed E-state index contributed by atoms with van der Waals surface area (Å²) >= 11 is 6.04. The number of hydrogen-bond donors (Lipinski definition) is 2. The fraction of sp³-hybridized carbons (Fsp3) is 0.200. The number of methoxy groups -OCH3 is 1. The van der Waals surface area contributed by atoms with Crippen LogP contribution in [0.15, 0.2) is 48.5 Å². The monoisotopic (exact) mass is 418 g/mol. The van der Waals surface area contributed by atoms with Crippen molar-refractivity contribution in [1.82, 2.24) is 5.32 Å². The average molecular weight is 419 g/mol. The SMILES string of the molecule is COC(=O)C(CO)N/C(=C/C(=O)c1cc([N+](=O)[O-])ccc1Cl)c1ccc(C)cc1. The molecule has 0 aromatic heterocycles. The van der Waals surface area contributed by atoms with Gasteiger partial charge < -0.3 is 15.2 Å². The molecule has 152 valence electrons. The number of benzene rings is 2. The number of aryl methyl sites for hydroxylation is 1. The topological polar surface area (TPSA) is 119 Å². The van der Waals surface area contributed by atoms with Crippen molar-refractivity contribution < 1.29 is 24.4 Å². The number of rotatable bonds is 8. The third kappa shape index (κ3) is 5.63. The number of carbonyl (C=O) groups is 2. The molecule has 2 rings (SSSR count). The Labute approximate surface area is 171 Å². The first-order valence-corrected chi connectivity index (χ1v) is 8.86. The first kappa shape index (κ1) is 22.1. The summed E-state index contributed by atoms with van der Waals surface area (Å²) in [5.74, 6) is -1.32. The highest BCUT2D eigenvalue weighted by Crippen LogP contribution is 2.24. The van der Waals surface area contributed by atoms with E-state index in [4.69, 9.17) is 11.6 Å². The summed E-state index contributed by atoms with van der Waals surface area (Å²) in [6.45, 7) is 1.32. The van der Waals surface area contributed by atoms with Crippen LogP contribution in [-0.4, -0.2) is 41.5 Å². The molecule has 0 aliphatic heterocycles. The second-order valence-corrected chi connectivity index (χ2v) is 6.52. The zero-order valence-electron chi connectivity index (χ0n) is 15.7. The number of nitrogens with zero attached hydrogens (tertiary/aromatic N) is 1. The van der Waals surface area contributed by atoms with Crippen molar-refractivity contribution in [2.24, 2.45) is 0 Å². The van der Waals surface area contributed by atoms with Crippen molar-refractivity contribution in [3.63, 3.8) is 0 Å².